The van der Waals surface area contributed by atoms with E-state index in [1.54, 1.807) is 32.0 Å². The van der Waals surface area contributed by atoms with Gasteiger partial charge < -0.3 is 9.05 Å². The second kappa shape index (κ2) is 5.22. The van der Waals surface area contributed by atoms with Gasteiger partial charge >= 0.3 is 7.60 Å². The van der Waals surface area contributed by atoms with Gasteiger partial charge in [-0.25, -0.2) is 0 Å². The number of nitrogens with zero attached hydrogens (tertiary/aromatic N) is 1. The van der Waals surface area contributed by atoms with Crippen LogP contribution in [0.1, 0.15) is 29.9 Å². The molecule has 0 unspecified atom stereocenters. The lowest BCUT2D eigenvalue weighted by molar-refractivity contribution is 0.103. The second-order valence-corrected chi connectivity index (χ2v) is 6.46. The normalized spacial score (nSPS) is 13.3. The lowest BCUT2D eigenvalue weighted by Crippen LogP contribution is -2.14. The zero-order valence-electron chi connectivity index (χ0n) is 11.8. The van der Waals surface area contributed by atoms with Gasteiger partial charge in [-0.15, -0.1) is 0 Å². The van der Waals surface area contributed by atoms with Gasteiger partial charge in [-0.1, -0.05) is 24.3 Å². The number of ketones is 1. The Bertz CT molecular complexity index is 743. The summed E-state index contributed by atoms with van der Waals surface area (Å²) in [5.74, 6) is -0.178. The third kappa shape index (κ3) is 2.07. The van der Waals surface area contributed by atoms with Crippen LogP contribution in [0.2, 0.25) is 0 Å². The van der Waals surface area contributed by atoms with Crippen LogP contribution in [0, 0.1) is 0 Å². The zero-order valence-corrected chi connectivity index (χ0v) is 12.6. The van der Waals surface area contributed by atoms with Crippen molar-refractivity contribution in [3.05, 3.63) is 35.5 Å². The highest BCUT2D eigenvalue weighted by molar-refractivity contribution is 7.62. The first kappa shape index (κ1) is 14.2. The number of hydrogen-bond donors (Lipinski definition) is 1. The van der Waals surface area contributed by atoms with Crippen molar-refractivity contribution < 1.29 is 18.4 Å². The van der Waals surface area contributed by atoms with Crippen molar-refractivity contribution in [1.29, 1.82) is 0 Å². The van der Waals surface area contributed by atoms with Gasteiger partial charge in [0.2, 0.25) is 5.78 Å². The van der Waals surface area contributed by atoms with Crippen molar-refractivity contribution in [3.63, 3.8) is 0 Å². The molecule has 110 valence electrons. The molecule has 0 fully saturated rings. The molecule has 1 N–H and O–H groups in total. The first-order valence-electron chi connectivity index (χ1n) is 6.74. The predicted octanol–water partition coefficient (Wildman–Crippen LogP) is 2.51. The van der Waals surface area contributed by atoms with E-state index in [-0.39, 0.29) is 30.1 Å². The number of H-pyrrole nitrogens is 1. The van der Waals surface area contributed by atoms with E-state index in [9.17, 15) is 9.36 Å². The van der Waals surface area contributed by atoms with Crippen molar-refractivity contribution in [2.24, 2.45) is 0 Å². The molecule has 1 aliphatic rings. The monoisotopic (exact) mass is 306 g/mol. The van der Waals surface area contributed by atoms with Gasteiger partial charge in [-0.2, -0.15) is 5.10 Å². The van der Waals surface area contributed by atoms with Crippen molar-refractivity contribution in [1.82, 2.24) is 10.2 Å². The molecule has 0 spiro atoms. The van der Waals surface area contributed by atoms with Crippen molar-refractivity contribution in [3.8, 4) is 11.1 Å². The molecule has 1 heterocycles. The molecule has 3 rings (SSSR count). The average Bonchev–Trinajstić information content (AvgIpc) is 3.01. The van der Waals surface area contributed by atoms with E-state index >= 15 is 0 Å². The fourth-order valence-electron chi connectivity index (χ4n) is 2.48. The molecule has 0 saturated carbocycles. The molecule has 1 aromatic carbocycles. The molecule has 0 bridgehead atoms. The maximum Gasteiger partial charge on any atom is 0.379 e. The van der Waals surface area contributed by atoms with Gasteiger partial charge in [0, 0.05) is 11.1 Å². The third-order valence-corrected chi connectivity index (χ3v) is 5.34. The van der Waals surface area contributed by atoms with Crippen molar-refractivity contribution in [2.45, 2.75) is 13.8 Å². The molecule has 1 aliphatic carbocycles. The number of hydrogen-bond acceptors (Lipinski definition) is 5. The van der Waals surface area contributed by atoms with E-state index in [2.05, 4.69) is 10.2 Å². The first-order valence-corrected chi connectivity index (χ1v) is 8.28. The van der Waals surface area contributed by atoms with Gasteiger partial charge in [0.25, 0.3) is 0 Å². The maximum absolute atomic E-state index is 12.9. The Kier molecular flexibility index (Phi) is 3.53. The highest BCUT2D eigenvalue weighted by Crippen LogP contribution is 2.50. The van der Waals surface area contributed by atoms with Crippen molar-refractivity contribution in [2.75, 3.05) is 13.2 Å². The van der Waals surface area contributed by atoms with Crippen LogP contribution in [-0.4, -0.2) is 29.2 Å². The summed E-state index contributed by atoms with van der Waals surface area (Å²) in [6, 6.07) is 7.15. The van der Waals surface area contributed by atoms with Crippen LogP contribution >= 0.6 is 7.60 Å². The highest BCUT2D eigenvalue weighted by Gasteiger charge is 2.40. The Morgan fingerprint density at radius 1 is 1.14 bits per heavy atom. The molecule has 0 atom stereocenters. The number of benzene rings is 1. The Balaban J connectivity index is 2.20. The number of fused-ring (bicyclic) bond motifs is 3. The number of rotatable bonds is 5. The minimum absolute atomic E-state index is 0.178. The average molecular weight is 306 g/mol. The van der Waals surface area contributed by atoms with Gasteiger partial charge in [0.05, 0.1) is 13.2 Å². The zero-order chi connectivity index (χ0) is 15.0. The summed E-state index contributed by atoms with van der Waals surface area (Å²) in [6.07, 6.45) is 0. The van der Waals surface area contributed by atoms with E-state index < -0.39 is 7.60 Å². The summed E-state index contributed by atoms with van der Waals surface area (Å²) in [7, 11) is -3.52. The molecule has 2 aromatic rings. The molecule has 0 saturated heterocycles. The SMILES string of the molecule is CCOP(=O)(OCC)c1[nH]nc2c1-c1ccccc1C2=O. The van der Waals surface area contributed by atoms with Crippen LogP contribution in [0.5, 0.6) is 0 Å². The Morgan fingerprint density at radius 3 is 2.38 bits per heavy atom. The lowest BCUT2D eigenvalue weighted by atomic mass is 10.1. The fraction of sp³-hybridized carbons (Fsp3) is 0.286. The summed E-state index contributed by atoms with van der Waals surface area (Å²) in [5.41, 5.74) is 2.32. The van der Waals surface area contributed by atoms with Crippen LogP contribution in [0.25, 0.3) is 11.1 Å². The molecular formula is C14H15N2O4P. The third-order valence-electron chi connectivity index (χ3n) is 3.28. The van der Waals surface area contributed by atoms with E-state index in [0.29, 0.717) is 16.7 Å². The van der Waals surface area contributed by atoms with E-state index in [0.717, 1.165) is 0 Å². The minimum atomic E-state index is -3.52. The smallest absolute Gasteiger partial charge is 0.304 e. The van der Waals surface area contributed by atoms with Gasteiger partial charge in [-0.05, 0) is 19.4 Å². The lowest BCUT2D eigenvalue weighted by Gasteiger charge is -2.16. The van der Waals surface area contributed by atoms with Crippen LogP contribution in [0.4, 0.5) is 0 Å². The Morgan fingerprint density at radius 2 is 1.76 bits per heavy atom. The molecule has 0 amide bonds. The molecule has 0 radical (unpaired) electrons. The largest absolute Gasteiger partial charge is 0.379 e. The van der Waals surface area contributed by atoms with Gasteiger partial charge in [-0.3, -0.25) is 14.5 Å². The number of carbonyl (C=O) groups is 1. The quantitative estimate of drug-likeness (QED) is 0.732. The number of nitrogens with one attached hydrogen (secondary N) is 1. The van der Waals surface area contributed by atoms with Crippen LogP contribution in [0.3, 0.4) is 0 Å². The second-order valence-electron chi connectivity index (χ2n) is 4.50. The topological polar surface area (TPSA) is 81.3 Å². The van der Waals surface area contributed by atoms with Crippen LogP contribution < -0.4 is 5.44 Å². The molecule has 21 heavy (non-hydrogen) atoms. The summed E-state index contributed by atoms with van der Waals surface area (Å²) in [4.78, 5) is 12.3. The maximum atomic E-state index is 12.9. The van der Waals surface area contributed by atoms with E-state index in [1.165, 1.54) is 0 Å². The summed E-state index contributed by atoms with van der Waals surface area (Å²) in [5, 5.41) is 6.69. The highest BCUT2D eigenvalue weighted by atomic mass is 31.2. The number of aromatic nitrogens is 2. The molecule has 6 nitrogen and oxygen atoms in total. The Hall–Kier alpha value is -1.75. The predicted molar refractivity (Wildman–Crippen MR) is 77.9 cm³/mol. The number of carbonyl (C=O) groups excluding carboxylic acids is 1. The number of aromatic amines is 1. The Labute approximate surface area is 122 Å². The summed E-state index contributed by atoms with van der Waals surface area (Å²) < 4.78 is 23.6. The van der Waals surface area contributed by atoms with Crippen LogP contribution in [0.15, 0.2) is 24.3 Å². The van der Waals surface area contributed by atoms with Crippen molar-refractivity contribution >= 4 is 18.8 Å². The fourth-order valence-corrected chi connectivity index (χ4v) is 4.17. The summed E-state index contributed by atoms with van der Waals surface area (Å²) in [6.45, 7) is 3.95. The van der Waals surface area contributed by atoms with Gasteiger partial charge in [0.15, 0.2) is 5.44 Å². The first-order chi connectivity index (χ1) is 10.1. The van der Waals surface area contributed by atoms with Gasteiger partial charge in [0.1, 0.15) is 5.69 Å². The standard InChI is InChI=1S/C14H15N2O4P/c1-3-19-21(18,20-4-2)14-11-9-7-5-6-8-10(9)13(17)12(11)15-16-14/h5-8H,3-4H2,1-2H3,(H,15,16). The summed E-state index contributed by atoms with van der Waals surface area (Å²) >= 11 is 0. The minimum Gasteiger partial charge on any atom is -0.304 e. The van der Waals surface area contributed by atoms with E-state index in [1.807, 2.05) is 6.07 Å². The molecule has 0 aliphatic heterocycles. The van der Waals surface area contributed by atoms with Crippen LogP contribution in [-0.2, 0) is 13.6 Å². The molecular weight excluding hydrogens is 291 g/mol. The van der Waals surface area contributed by atoms with E-state index in [4.69, 9.17) is 9.05 Å². The molecule has 7 heteroatoms. The molecule has 1 aromatic heterocycles.